The van der Waals surface area contributed by atoms with Crippen molar-refractivity contribution in [2.45, 2.75) is 31.8 Å². The topological polar surface area (TPSA) is 27.3 Å². The zero-order valence-corrected chi connectivity index (χ0v) is 13.6. The second-order valence-corrected chi connectivity index (χ2v) is 5.97. The Hall–Kier alpha value is -1.91. The SMILES string of the molecule is CCCC[C@]1(c2ccccc2)NC(=S)N(c2ccccc2)N1. The Balaban J connectivity index is 1.94. The summed E-state index contributed by atoms with van der Waals surface area (Å²) in [6, 6.07) is 20.6. The first-order valence-corrected chi connectivity index (χ1v) is 8.17. The summed E-state index contributed by atoms with van der Waals surface area (Å²) in [6.45, 7) is 2.21. The van der Waals surface area contributed by atoms with Gasteiger partial charge in [-0.2, -0.15) is 5.43 Å². The predicted molar refractivity (Wildman–Crippen MR) is 95.4 cm³/mol. The first-order valence-electron chi connectivity index (χ1n) is 7.76. The lowest BCUT2D eigenvalue weighted by molar-refractivity contribution is 0.313. The number of hydrogen-bond donors (Lipinski definition) is 2. The Morgan fingerprint density at radius 1 is 1.00 bits per heavy atom. The van der Waals surface area contributed by atoms with Crippen molar-refractivity contribution in [3.8, 4) is 0 Å². The van der Waals surface area contributed by atoms with Crippen LogP contribution in [-0.2, 0) is 5.66 Å². The molecule has 1 aliphatic heterocycles. The van der Waals surface area contributed by atoms with Crippen LogP contribution in [0.1, 0.15) is 31.7 Å². The van der Waals surface area contributed by atoms with Crippen LogP contribution in [-0.4, -0.2) is 5.11 Å². The normalized spacial score (nSPS) is 21.0. The molecule has 1 fully saturated rings. The summed E-state index contributed by atoms with van der Waals surface area (Å²) in [5.41, 5.74) is 5.54. The molecule has 4 heteroatoms. The molecule has 3 rings (SSSR count). The van der Waals surface area contributed by atoms with Gasteiger partial charge in [-0.3, -0.25) is 0 Å². The van der Waals surface area contributed by atoms with Gasteiger partial charge in [0, 0.05) is 0 Å². The number of nitrogens with one attached hydrogen (secondary N) is 2. The lowest BCUT2D eigenvalue weighted by Crippen LogP contribution is -2.48. The Kier molecular flexibility index (Phi) is 4.41. The number of benzene rings is 2. The second kappa shape index (κ2) is 6.46. The molecule has 1 saturated heterocycles. The largest absolute Gasteiger partial charge is 0.338 e. The van der Waals surface area contributed by atoms with Crippen LogP contribution in [0.3, 0.4) is 0 Å². The highest BCUT2D eigenvalue weighted by atomic mass is 32.1. The Labute approximate surface area is 137 Å². The summed E-state index contributed by atoms with van der Waals surface area (Å²) in [5, 5.41) is 6.20. The number of unbranched alkanes of at least 4 members (excludes halogenated alkanes) is 1. The van der Waals surface area contributed by atoms with Gasteiger partial charge in [-0.25, -0.2) is 5.01 Å². The van der Waals surface area contributed by atoms with Crippen molar-refractivity contribution >= 4 is 23.0 Å². The minimum atomic E-state index is -0.329. The molecule has 22 heavy (non-hydrogen) atoms. The van der Waals surface area contributed by atoms with Crippen molar-refractivity contribution in [2.24, 2.45) is 0 Å². The van der Waals surface area contributed by atoms with E-state index < -0.39 is 0 Å². The molecule has 0 unspecified atom stereocenters. The molecule has 1 aliphatic rings. The predicted octanol–water partition coefficient (Wildman–Crippen LogP) is 3.93. The zero-order valence-electron chi connectivity index (χ0n) is 12.8. The van der Waals surface area contributed by atoms with Gasteiger partial charge in [0.1, 0.15) is 5.66 Å². The average molecular weight is 311 g/mol. The van der Waals surface area contributed by atoms with E-state index in [9.17, 15) is 0 Å². The molecule has 0 aromatic heterocycles. The lowest BCUT2D eigenvalue weighted by atomic mass is 9.94. The van der Waals surface area contributed by atoms with Gasteiger partial charge in [0.2, 0.25) is 0 Å². The first-order chi connectivity index (χ1) is 10.7. The van der Waals surface area contributed by atoms with E-state index in [0.29, 0.717) is 5.11 Å². The van der Waals surface area contributed by atoms with Crippen molar-refractivity contribution in [3.05, 3.63) is 66.2 Å². The van der Waals surface area contributed by atoms with Gasteiger partial charge in [0.15, 0.2) is 5.11 Å². The van der Waals surface area contributed by atoms with Crippen molar-refractivity contribution in [1.29, 1.82) is 0 Å². The number of rotatable bonds is 5. The average Bonchev–Trinajstić information content (AvgIpc) is 2.93. The van der Waals surface area contributed by atoms with E-state index in [1.807, 2.05) is 29.3 Å². The highest BCUT2D eigenvalue weighted by Gasteiger charge is 2.41. The molecule has 0 spiro atoms. The van der Waals surface area contributed by atoms with Crippen LogP contribution in [0.2, 0.25) is 0 Å². The molecule has 1 atom stereocenters. The van der Waals surface area contributed by atoms with E-state index in [2.05, 4.69) is 54.1 Å². The summed E-state index contributed by atoms with van der Waals surface area (Å²) >= 11 is 5.57. The summed E-state index contributed by atoms with van der Waals surface area (Å²) in [5.74, 6) is 0. The maximum Gasteiger partial charge on any atom is 0.190 e. The maximum atomic E-state index is 5.57. The van der Waals surface area contributed by atoms with E-state index in [1.165, 1.54) is 5.56 Å². The van der Waals surface area contributed by atoms with Crippen LogP contribution >= 0.6 is 12.2 Å². The molecule has 114 valence electrons. The monoisotopic (exact) mass is 311 g/mol. The highest BCUT2D eigenvalue weighted by Crippen LogP contribution is 2.31. The summed E-state index contributed by atoms with van der Waals surface area (Å²) < 4.78 is 0. The molecule has 0 bridgehead atoms. The molecule has 2 aromatic rings. The van der Waals surface area contributed by atoms with Gasteiger partial charge in [-0.15, -0.1) is 0 Å². The Bertz CT molecular complexity index is 629. The van der Waals surface area contributed by atoms with Crippen molar-refractivity contribution < 1.29 is 0 Å². The summed E-state index contributed by atoms with van der Waals surface area (Å²) in [6.07, 6.45) is 3.26. The molecule has 0 saturated carbocycles. The van der Waals surface area contributed by atoms with Gasteiger partial charge in [0.25, 0.3) is 0 Å². The van der Waals surface area contributed by atoms with Crippen LogP contribution in [0.4, 0.5) is 5.69 Å². The van der Waals surface area contributed by atoms with Crippen LogP contribution in [0.5, 0.6) is 0 Å². The number of para-hydroxylation sites is 1. The van der Waals surface area contributed by atoms with Gasteiger partial charge in [-0.1, -0.05) is 61.9 Å². The minimum absolute atomic E-state index is 0.329. The summed E-state index contributed by atoms with van der Waals surface area (Å²) in [4.78, 5) is 0. The van der Waals surface area contributed by atoms with E-state index in [0.717, 1.165) is 24.9 Å². The van der Waals surface area contributed by atoms with E-state index >= 15 is 0 Å². The third-order valence-corrected chi connectivity index (χ3v) is 4.30. The first kappa shape index (κ1) is 15.0. The van der Waals surface area contributed by atoms with Crippen molar-refractivity contribution in [2.75, 3.05) is 5.01 Å². The molecule has 2 aromatic carbocycles. The third-order valence-electron chi connectivity index (χ3n) is 4.01. The lowest BCUT2D eigenvalue weighted by Gasteiger charge is -2.30. The molecule has 0 radical (unpaired) electrons. The second-order valence-electron chi connectivity index (χ2n) is 5.59. The number of anilines is 1. The van der Waals surface area contributed by atoms with E-state index in [1.54, 1.807) is 0 Å². The molecular weight excluding hydrogens is 290 g/mol. The quantitative estimate of drug-likeness (QED) is 0.818. The molecule has 0 amide bonds. The highest BCUT2D eigenvalue weighted by molar-refractivity contribution is 7.80. The van der Waals surface area contributed by atoms with Crippen LogP contribution in [0, 0.1) is 0 Å². The number of hydrazine groups is 1. The van der Waals surface area contributed by atoms with Gasteiger partial charge >= 0.3 is 0 Å². The fraction of sp³-hybridized carbons (Fsp3) is 0.278. The standard InChI is InChI=1S/C18H21N3S/c1-2-3-14-18(15-10-6-4-7-11-15)19-17(22)21(20-18)16-12-8-5-9-13-16/h4-13,20H,2-3,14H2,1H3,(H,19,22)/t18-/m0/s1. The fourth-order valence-electron chi connectivity index (χ4n) is 2.83. The minimum Gasteiger partial charge on any atom is -0.338 e. The van der Waals surface area contributed by atoms with E-state index in [4.69, 9.17) is 12.2 Å². The third kappa shape index (κ3) is 2.85. The molecule has 3 nitrogen and oxygen atoms in total. The molecule has 0 aliphatic carbocycles. The van der Waals surface area contributed by atoms with Crippen molar-refractivity contribution in [1.82, 2.24) is 10.7 Å². The van der Waals surface area contributed by atoms with Gasteiger partial charge < -0.3 is 5.32 Å². The van der Waals surface area contributed by atoms with Gasteiger partial charge in [0.05, 0.1) is 5.69 Å². The fourth-order valence-corrected chi connectivity index (χ4v) is 3.16. The van der Waals surface area contributed by atoms with Crippen LogP contribution < -0.4 is 15.8 Å². The molecular formula is C18H21N3S. The zero-order chi connectivity index (χ0) is 15.4. The van der Waals surface area contributed by atoms with E-state index in [-0.39, 0.29) is 5.66 Å². The summed E-state index contributed by atoms with van der Waals surface area (Å²) in [7, 11) is 0. The Morgan fingerprint density at radius 2 is 1.64 bits per heavy atom. The van der Waals surface area contributed by atoms with Crippen LogP contribution in [0.25, 0.3) is 0 Å². The Morgan fingerprint density at radius 3 is 2.27 bits per heavy atom. The number of hydrogen-bond acceptors (Lipinski definition) is 2. The molecule has 1 heterocycles. The smallest absolute Gasteiger partial charge is 0.190 e. The van der Waals surface area contributed by atoms with Gasteiger partial charge in [-0.05, 0) is 42.8 Å². The maximum absolute atomic E-state index is 5.57. The molecule has 2 N–H and O–H groups in total. The van der Waals surface area contributed by atoms with Crippen LogP contribution in [0.15, 0.2) is 60.7 Å². The van der Waals surface area contributed by atoms with Crippen molar-refractivity contribution in [3.63, 3.8) is 0 Å². The number of nitrogens with zero attached hydrogens (tertiary/aromatic N) is 1. The number of thiocarbonyl (C=S) groups is 1.